The molecule has 1 aliphatic carbocycles. The van der Waals surface area contributed by atoms with Gasteiger partial charge in [-0.25, -0.2) is 4.98 Å². The van der Waals surface area contributed by atoms with Crippen molar-refractivity contribution in [1.29, 1.82) is 0 Å². The minimum Gasteiger partial charge on any atom is -0.365 e. The minimum atomic E-state index is -0.397. The van der Waals surface area contributed by atoms with E-state index in [0.717, 1.165) is 43.4 Å². The molecule has 0 bridgehead atoms. The Hall–Kier alpha value is -1.62. The van der Waals surface area contributed by atoms with E-state index in [1.165, 1.54) is 19.4 Å². The molecule has 2 fully saturated rings. The molecule has 1 saturated heterocycles. The van der Waals surface area contributed by atoms with Gasteiger partial charge in [0.15, 0.2) is 0 Å². The second kappa shape index (κ2) is 6.02. The Morgan fingerprint density at radius 1 is 1.33 bits per heavy atom. The van der Waals surface area contributed by atoms with E-state index in [1.807, 2.05) is 13.0 Å². The Bertz CT molecular complexity index is 519. The number of pyridine rings is 1. The van der Waals surface area contributed by atoms with Crippen molar-refractivity contribution in [3.05, 3.63) is 23.4 Å². The third kappa shape index (κ3) is 3.53. The van der Waals surface area contributed by atoms with E-state index in [0.29, 0.717) is 11.6 Å². The molecule has 2 heterocycles. The third-order valence-electron chi connectivity index (χ3n) is 4.47. The molecule has 0 aromatic carbocycles. The molecule has 0 unspecified atom stereocenters. The van der Waals surface area contributed by atoms with E-state index in [4.69, 9.17) is 5.73 Å². The molecule has 0 radical (unpaired) electrons. The second-order valence-corrected chi connectivity index (χ2v) is 6.30. The number of aryl methyl sites for hydroxylation is 1. The van der Waals surface area contributed by atoms with E-state index in [9.17, 15) is 4.79 Å². The Morgan fingerprint density at radius 2 is 2.05 bits per heavy atom. The molecular weight excluding hydrogens is 264 g/mol. The van der Waals surface area contributed by atoms with Gasteiger partial charge < -0.3 is 16.0 Å². The van der Waals surface area contributed by atoms with Crippen LogP contribution in [0.4, 0.5) is 5.82 Å². The number of piperidine rings is 1. The van der Waals surface area contributed by atoms with Gasteiger partial charge in [-0.3, -0.25) is 4.79 Å². The maximum Gasteiger partial charge on any atom is 0.252 e. The maximum absolute atomic E-state index is 11.6. The van der Waals surface area contributed by atoms with Crippen LogP contribution in [0.1, 0.15) is 41.7 Å². The summed E-state index contributed by atoms with van der Waals surface area (Å²) in [5.74, 6) is 1.28. The van der Waals surface area contributed by atoms with Gasteiger partial charge in [0.2, 0.25) is 0 Å². The number of nitrogens with one attached hydrogen (secondary N) is 1. The van der Waals surface area contributed by atoms with Crippen molar-refractivity contribution in [2.24, 2.45) is 11.7 Å². The van der Waals surface area contributed by atoms with Crippen molar-refractivity contribution in [1.82, 2.24) is 10.3 Å². The molecule has 0 atom stereocenters. The molecule has 3 N–H and O–H groups in total. The molecular formula is C16H24N4O. The molecule has 1 amide bonds. The second-order valence-electron chi connectivity index (χ2n) is 6.30. The molecule has 1 aromatic rings. The van der Waals surface area contributed by atoms with E-state index in [-0.39, 0.29) is 0 Å². The van der Waals surface area contributed by atoms with Crippen LogP contribution < -0.4 is 16.0 Å². The summed E-state index contributed by atoms with van der Waals surface area (Å²) < 4.78 is 0. The quantitative estimate of drug-likeness (QED) is 0.860. The number of anilines is 1. The monoisotopic (exact) mass is 288 g/mol. The number of amides is 1. The zero-order chi connectivity index (χ0) is 14.8. The topological polar surface area (TPSA) is 71.2 Å². The number of rotatable bonds is 5. The largest absolute Gasteiger partial charge is 0.365 e. The zero-order valence-corrected chi connectivity index (χ0v) is 12.6. The van der Waals surface area contributed by atoms with Crippen LogP contribution in [0.25, 0.3) is 0 Å². The summed E-state index contributed by atoms with van der Waals surface area (Å²) in [7, 11) is 0. The molecule has 2 aliphatic rings. The smallest absolute Gasteiger partial charge is 0.252 e. The molecule has 1 aliphatic heterocycles. The van der Waals surface area contributed by atoms with Crippen LogP contribution in [0.2, 0.25) is 0 Å². The minimum absolute atomic E-state index is 0.397. The fourth-order valence-electron chi connectivity index (χ4n) is 2.93. The first-order valence-corrected chi connectivity index (χ1v) is 7.89. The van der Waals surface area contributed by atoms with Gasteiger partial charge in [-0.05, 0) is 57.2 Å². The van der Waals surface area contributed by atoms with Gasteiger partial charge in [-0.1, -0.05) is 0 Å². The SMILES string of the molecule is Cc1ccc(C(N)=O)c(N2CCC(NCC3CC3)CC2)n1. The van der Waals surface area contributed by atoms with Crippen LogP contribution >= 0.6 is 0 Å². The predicted molar refractivity (Wildman–Crippen MR) is 83.5 cm³/mol. The Labute approximate surface area is 125 Å². The predicted octanol–water partition coefficient (Wildman–Crippen LogP) is 1.46. The van der Waals surface area contributed by atoms with E-state index < -0.39 is 5.91 Å². The lowest BCUT2D eigenvalue weighted by molar-refractivity contribution is 0.100. The highest BCUT2D eigenvalue weighted by Crippen LogP contribution is 2.28. The fourth-order valence-corrected chi connectivity index (χ4v) is 2.93. The number of primary amides is 1. The van der Waals surface area contributed by atoms with Gasteiger partial charge in [0.1, 0.15) is 5.82 Å². The number of carbonyl (C=O) groups is 1. The average molecular weight is 288 g/mol. The lowest BCUT2D eigenvalue weighted by Gasteiger charge is -2.34. The van der Waals surface area contributed by atoms with Gasteiger partial charge in [0.25, 0.3) is 5.91 Å². The Morgan fingerprint density at radius 3 is 2.67 bits per heavy atom. The van der Waals surface area contributed by atoms with Crippen molar-refractivity contribution in [3.63, 3.8) is 0 Å². The van der Waals surface area contributed by atoms with Crippen molar-refractivity contribution in [2.45, 2.75) is 38.6 Å². The van der Waals surface area contributed by atoms with Gasteiger partial charge in [0, 0.05) is 24.8 Å². The summed E-state index contributed by atoms with van der Waals surface area (Å²) in [4.78, 5) is 18.3. The number of carbonyl (C=O) groups excluding carboxylic acids is 1. The van der Waals surface area contributed by atoms with Gasteiger partial charge in [-0.2, -0.15) is 0 Å². The number of hydrogen-bond donors (Lipinski definition) is 2. The molecule has 5 heteroatoms. The van der Waals surface area contributed by atoms with Gasteiger partial charge in [-0.15, -0.1) is 0 Å². The molecule has 1 saturated carbocycles. The first kappa shape index (κ1) is 14.3. The fraction of sp³-hybridized carbons (Fsp3) is 0.625. The molecule has 3 rings (SSSR count). The summed E-state index contributed by atoms with van der Waals surface area (Å²) >= 11 is 0. The number of nitrogens with zero attached hydrogens (tertiary/aromatic N) is 2. The highest BCUT2D eigenvalue weighted by molar-refractivity contribution is 5.97. The highest BCUT2D eigenvalue weighted by atomic mass is 16.1. The molecule has 1 aromatic heterocycles. The lowest BCUT2D eigenvalue weighted by Crippen LogP contribution is -2.44. The van der Waals surface area contributed by atoms with Crippen LogP contribution in [0, 0.1) is 12.8 Å². The van der Waals surface area contributed by atoms with Crippen LogP contribution in [0.3, 0.4) is 0 Å². The highest BCUT2D eigenvalue weighted by Gasteiger charge is 2.26. The summed E-state index contributed by atoms with van der Waals surface area (Å²) in [5.41, 5.74) is 6.92. The van der Waals surface area contributed by atoms with Crippen molar-refractivity contribution in [2.75, 3.05) is 24.5 Å². The number of hydrogen-bond acceptors (Lipinski definition) is 4. The van der Waals surface area contributed by atoms with E-state index in [2.05, 4.69) is 15.2 Å². The van der Waals surface area contributed by atoms with Crippen molar-refractivity contribution in [3.8, 4) is 0 Å². The average Bonchev–Trinajstić information content (AvgIpc) is 3.29. The van der Waals surface area contributed by atoms with Crippen LogP contribution in [0.15, 0.2) is 12.1 Å². The van der Waals surface area contributed by atoms with Crippen molar-refractivity contribution < 1.29 is 4.79 Å². The maximum atomic E-state index is 11.6. The summed E-state index contributed by atoms with van der Waals surface area (Å²) in [6.07, 6.45) is 4.98. The first-order chi connectivity index (χ1) is 10.1. The molecule has 114 valence electrons. The van der Waals surface area contributed by atoms with E-state index >= 15 is 0 Å². The summed E-state index contributed by atoms with van der Waals surface area (Å²) in [6, 6.07) is 4.23. The van der Waals surface area contributed by atoms with Crippen molar-refractivity contribution >= 4 is 11.7 Å². The van der Waals surface area contributed by atoms with Gasteiger partial charge >= 0.3 is 0 Å². The zero-order valence-electron chi connectivity index (χ0n) is 12.6. The van der Waals surface area contributed by atoms with Crippen LogP contribution in [-0.2, 0) is 0 Å². The number of nitrogens with two attached hydrogens (primary N) is 1. The van der Waals surface area contributed by atoms with E-state index in [1.54, 1.807) is 6.07 Å². The molecule has 0 spiro atoms. The van der Waals surface area contributed by atoms with Crippen LogP contribution in [0.5, 0.6) is 0 Å². The van der Waals surface area contributed by atoms with Crippen LogP contribution in [-0.4, -0.2) is 36.6 Å². The Balaban J connectivity index is 1.63. The first-order valence-electron chi connectivity index (χ1n) is 7.89. The Kier molecular flexibility index (Phi) is 4.10. The summed E-state index contributed by atoms with van der Waals surface area (Å²) in [6.45, 7) is 4.97. The van der Waals surface area contributed by atoms with Gasteiger partial charge in [0.05, 0.1) is 5.56 Å². The molecule has 21 heavy (non-hydrogen) atoms. The standard InChI is InChI=1S/C16H24N4O/c1-11-2-5-14(15(17)21)16(19-11)20-8-6-13(7-9-20)18-10-12-3-4-12/h2,5,12-13,18H,3-4,6-10H2,1H3,(H2,17,21). The lowest BCUT2D eigenvalue weighted by atomic mass is 10.0. The third-order valence-corrected chi connectivity index (χ3v) is 4.47. The summed E-state index contributed by atoms with van der Waals surface area (Å²) in [5, 5.41) is 3.67. The number of aromatic nitrogens is 1. The normalized spacial score (nSPS) is 19.8. The molecule has 5 nitrogen and oxygen atoms in total.